The first-order chi connectivity index (χ1) is 12.3. The standard InChI is InChI=1S/C20H23N5/c1-15-11-17(18-6-2-3-7-19(18)24-15)13-22-12-16-5-4-8-23-20(16)25-10-9-21-14-25/h4-5,8-11,14,22H,2-3,6-7,12-13H2,1H3. The van der Waals surface area contributed by atoms with E-state index in [1.165, 1.54) is 35.2 Å². The van der Waals surface area contributed by atoms with Gasteiger partial charge in [-0.3, -0.25) is 9.55 Å². The Morgan fingerprint density at radius 3 is 2.88 bits per heavy atom. The van der Waals surface area contributed by atoms with Gasteiger partial charge >= 0.3 is 0 Å². The van der Waals surface area contributed by atoms with Crippen LogP contribution in [0.1, 0.15) is 40.9 Å². The minimum Gasteiger partial charge on any atom is -0.308 e. The number of nitrogens with zero attached hydrogens (tertiary/aromatic N) is 4. The van der Waals surface area contributed by atoms with Crippen LogP contribution in [0.3, 0.4) is 0 Å². The SMILES string of the molecule is Cc1cc(CNCc2cccnc2-n2ccnc2)c2c(n1)CCCC2. The molecular weight excluding hydrogens is 310 g/mol. The number of aryl methyl sites for hydroxylation is 2. The van der Waals surface area contributed by atoms with Crippen molar-refractivity contribution in [3.05, 3.63) is 71.2 Å². The van der Waals surface area contributed by atoms with Crippen molar-refractivity contribution in [3.63, 3.8) is 0 Å². The smallest absolute Gasteiger partial charge is 0.142 e. The number of rotatable bonds is 5. The third-order valence-corrected chi connectivity index (χ3v) is 4.77. The maximum absolute atomic E-state index is 4.74. The van der Waals surface area contributed by atoms with E-state index >= 15 is 0 Å². The lowest BCUT2D eigenvalue weighted by atomic mass is 9.91. The molecule has 0 saturated heterocycles. The average Bonchev–Trinajstić information content (AvgIpc) is 3.16. The van der Waals surface area contributed by atoms with E-state index in [-0.39, 0.29) is 0 Å². The summed E-state index contributed by atoms with van der Waals surface area (Å²) in [6, 6.07) is 6.33. The van der Waals surface area contributed by atoms with Crippen molar-refractivity contribution < 1.29 is 0 Å². The second-order valence-electron chi connectivity index (χ2n) is 6.61. The van der Waals surface area contributed by atoms with E-state index in [0.29, 0.717) is 0 Å². The van der Waals surface area contributed by atoms with Crippen LogP contribution >= 0.6 is 0 Å². The minimum atomic E-state index is 0.775. The Kier molecular flexibility index (Phi) is 4.57. The van der Waals surface area contributed by atoms with Crippen molar-refractivity contribution in [2.24, 2.45) is 0 Å². The molecule has 0 fully saturated rings. The Balaban J connectivity index is 1.50. The third kappa shape index (κ3) is 3.46. The first-order valence-electron chi connectivity index (χ1n) is 8.92. The van der Waals surface area contributed by atoms with Crippen LogP contribution in [0.5, 0.6) is 0 Å². The van der Waals surface area contributed by atoms with Crippen molar-refractivity contribution in [1.82, 2.24) is 24.8 Å². The predicted molar refractivity (Wildman–Crippen MR) is 97.5 cm³/mol. The average molecular weight is 333 g/mol. The van der Waals surface area contributed by atoms with Gasteiger partial charge in [0.15, 0.2) is 0 Å². The maximum atomic E-state index is 4.74. The minimum absolute atomic E-state index is 0.775. The van der Waals surface area contributed by atoms with Crippen LogP contribution in [0.2, 0.25) is 0 Å². The fourth-order valence-corrected chi connectivity index (χ4v) is 3.62. The van der Waals surface area contributed by atoms with Gasteiger partial charge in [0.2, 0.25) is 0 Å². The number of imidazole rings is 1. The van der Waals surface area contributed by atoms with E-state index in [1.54, 1.807) is 12.5 Å². The van der Waals surface area contributed by atoms with Crippen molar-refractivity contribution >= 4 is 0 Å². The lowest BCUT2D eigenvalue weighted by Crippen LogP contribution is -2.18. The number of hydrogen-bond acceptors (Lipinski definition) is 4. The zero-order valence-corrected chi connectivity index (χ0v) is 14.6. The van der Waals surface area contributed by atoms with Gasteiger partial charge < -0.3 is 5.32 Å². The molecule has 0 radical (unpaired) electrons. The van der Waals surface area contributed by atoms with Gasteiger partial charge in [0.05, 0.1) is 0 Å². The normalized spacial score (nSPS) is 13.6. The van der Waals surface area contributed by atoms with Crippen molar-refractivity contribution in [2.75, 3.05) is 0 Å². The fraction of sp³-hybridized carbons (Fsp3) is 0.350. The van der Waals surface area contributed by atoms with Gasteiger partial charge in [-0.05, 0) is 55.9 Å². The lowest BCUT2D eigenvalue weighted by molar-refractivity contribution is 0.635. The van der Waals surface area contributed by atoms with Gasteiger partial charge in [0.1, 0.15) is 12.1 Å². The van der Waals surface area contributed by atoms with Crippen LogP contribution < -0.4 is 5.32 Å². The molecule has 0 aromatic carbocycles. The molecule has 1 aliphatic rings. The third-order valence-electron chi connectivity index (χ3n) is 4.77. The monoisotopic (exact) mass is 333 g/mol. The molecule has 0 amide bonds. The molecule has 1 N–H and O–H groups in total. The molecule has 0 aliphatic heterocycles. The summed E-state index contributed by atoms with van der Waals surface area (Å²) in [5, 5.41) is 3.60. The van der Waals surface area contributed by atoms with Crippen LogP contribution in [0.4, 0.5) is 0 Å². The summed E-state index contributed by atoms with van der Waals surface area (Å²) < 4.78 is 1.95. The summed E-state index contributed by atoms with van der Waals surface area (Å²) in [5.41, 5.74) is 6.46. The van der Waals surface area contributed by atoms with E-state index < -0.39 is 0 Å². The zero-order chi connectivity index (χ0) is 17.1. The largest absolute Gasteiger partial charge is 0.308 e. The molecule has 128 valence electrons. The molecule has 0 spiro atoms. The van der Waals surface area contributed by atoms with E-state index in [0.717, 1.165) is 37.4 Å². The van der Waals surface area contributed by atoms with Gasteiger partial charge in [-0.2, -0.15) is 0 Å². The molecule has 1 aliphatic carbocycles. The first kappa shape index (κ1) is 16.0. The molecule has 3 aromatic rings. The van der Waals surface area contributed by atoms with Gasteiger partial charge in [0, 0.05) is 48.6 Å². The molecule has 0 atom stereocenters. The number of aromatic nitrogens is 4. The molecule has 5 heteroatoms. The van der Waals surface area contributed by atoms with E-state index in [9.17, 15) is 0 Å². The summed E-state index contributed by atoms with van der Waals surface area (Å²) >= 11 is 0. The van der Waals surface area contributed by atoms with Crippen LogP contribution in [0.25, 0.3) is 5.82 Å². The fourth-order valence-electron chi connectivity index (χ4n) is 3.62. The number of fused-ring (bicyclic) bond motifs is 1. The molecule has 0 saturated carbocycles. The topological polar surface area (TPSA) is 55.6 Å². The number of nitrogens with one attached hydrogen (secondary N) is 1. The highest BCUT2D eigenvalue weighted by Crippen LogP contribution is 2.24. The molecule has 3 aromatic heterocycles. The summed E-state index contributed by atoms with van der Waals surface area (Å²) in [4.78, 5) is 13.4. The number of pyridine rings is 2. The Bertz CT molecular complexity index is 855. The van der Waals surface area contributed by atoms with E-state index in [2.05, 4.69) is 34.3 Å². The Morgan fingerprint density at radius 2 is 2.00 bits per heavy atom. The highest BCUT2D eigenvalue weighted by Gasteiger charge is 2.15. The molecule has 5 nitrogen and oxygen atoms in total. The lowest BCUT2D eigenvalue weighted by Gasteiger charge is -2.20. The summed E-state index contributed by atoms with van der Waals surface area (Å²) in [7, 11) is 0. The second kappa shape index (κ2) is 7.15. The van der Waals surface area contributed by atoms with Crippen LogP contribution in [0, 0.1) is 6.92 Å². The molecule has 25 heavy (non-hydrogen) atoms. The van der Waals surface area contributed by atoms with E-state index in [1.807, 2.05) is 23.0 Å². The van der Waals surface area contributed by atoms with Crippen molar-refractivity contribution in [3.8, 4) is 5.82 Å². The first-order valence-corrected chi connectivity index (χ1v) is 8.92. The van der Waals surface area contributed by atoms with Crippen LogP contribution in [-0.2, 0) is 25.9 Å². The number of hydrogen-bond donors (Lipinski definition) is 1. The van der Waals surface area contributed by atoms with Crippen LogP contribution in [-0.4, -0.2) is 19.5 Å². The van der Waals surface area contributed by atoms with Gasteiger partial charge in [-0.25, -0.2) is 9.97 Å². The Hall–Kier alpha value is -2.53. The van der Waals surface area contributed by atoms with Crippen molar-refractivity contribution in [1.29, 1.82) is 0 Å². The van der Waals surface area contributed by atoms with E-state index in [4.69, 9.17) is 4.98 Å². The van der Waals surface area contributed by atoms with Crippen molar-refractivity contribution in [2.45, 2.75) is 45.7 Å². The molecule has 0 bridgehead atoms. The van der Waals surface area contributed by atoms with Gasteiger partial charge in [-0.1, -0.05) is 6.07 Å². The Labute approximate surface area is 148 Å². The summed E-state index contributed by atoms with van der Waals surface area (Å²) in [5.74, 6) is 0.931. The Morgan fingerprint density at radius 1 is 1.12 bits per heavy atom. The maximum Gasteiger partial charge on any atom is 0.142 e. The summed E-state index contributed by atoms with van der Waals surface area (Å²) in [6.45, 7) is 3.73. The second-order valence-corrected chi connectivity index (χ2v) is 6.61. The summed E-state index contributed by atoms with van der Waals surface area (Å²) in [6.07, 6.45) is 12.1. The highest BCUT2D eigenvalue weighted by molar-refractivity contribution is 5.35. The zero-order valence-electron chi connectivity index (χ0n) is 14.6. The predicted octanol–water partition coefficient (Wildman–Crippen LogP) is 3.14. The quantitative estimate of drug-likeness (QED) is 0.779. The molecular formula is C20H23N5. The van der Waals surface area contributed by atoms with Gasteiger partial charge in [0.25, 0.3) is 0 Å². The molecule has 3 heterocycles. The molecule has 0 unspecified atom stereocenters. The van der Waals surface area contributed by atoms with Gasteiger partial charge in [-0.15, -0.1) is 0 Å². The highest BCUT2D eigenvalue weighted by atomic mass is 15.1. The molecule has 4 rings (SSSR count). The van der Waals surface area contributed by atoms with Crippen LogP contribution in [0.15, 0.2) is 43.1 Å².